The first-order valence-electron chi connectivity index (χ1n) is 6.43. The fourth-order valence-corrected chi connectivity index (χ4v) is 1.64. The first kappa shape index (κ1) is 15.5. The van der Waals surface area contributed by atoms with Gasteiger partial charge >= 0.3 is 0 Å². The normalized spacial score (nSPS) is 11.9. The van der Waals surface area contributed by atoms with E-state index in [1.54, 1.807) is 31.4 Å². The van der Waals surface area contributed by atoms with E-state index in [0.29, 0.717) is 31.7 Å². The van der Waals surface area contributed by atoms with Gasteiger partial charge in [-0.15, -0.1) is 0 Å². The first-order chi connectivity index (χ1) is 9.17. The van der Waals surface area contributed by atoms with E-state index in [9.17, 15) is 4.79 Å². The Balaban J connectivity index is 2.36. The summed E-state index contributed by atoms with van der Waals surface area (Å²) in [4.78, 5) is 11.8. The minimum atomic E-state index is -0.104. The highest BCUT2D eigenvalue weighted by atomic mass is 16.5. The highest BCUT2D eigenvalue weighted by Crippen LogP contribution is 2.11. The van der Waals surface area contributed by atoms with Gasteiger partial charge in [-0.05, 0) is 37.6 Å². The maximum absolute atomic E-state index is 11.8. The predicted molar refractivity (Wildman–Crippen MR) is 74.4 cm³/mol. The molecule has 3 N–H and O–H groups in total. The molecule has 1 amide bonds. The van der Waals surface area contributed by atoms with Crippen LogP contribution in [0.3, 0.4) is 0 Å². The Kier molecular flexibility index (Phi) is 6.92. The molecule has 106 valence electrons. The molecular formula is C14H22N2O3. The van der Waals surface area contributed by atoms with Crippen molar-refractivity contribution in [3.63, 3.8) is 0 Å². The van der Waals surface area contributed by atoms with Crippen molar-refractivity contribution in [2.45, 2.75) is 19.4 Å². The third-order valence-electron chi connectivity index (χ3n) is 2.61. The lowest BCUT2D eigenvalue weighted by atomic mass is 10.2. The zero-order valence-electron chi connectivity index (χ0n) is 11.5. The fraction of sp³-hybridized carbons (Fsp3) is 0.500. The summed E-state index contributed by atoms with van der Waals surface area (Å²) in [5, 5.41) is 2.82. The Morgan fingerprint density at radius 1 is 1.37 bits per heavy atom. The Labute approximate surface area is 114 Å². The van der Waals surface area contributed by atoms with Crippen molar-refractivity contribution in [1.29, 1.82) is 0 Å². The first-order valence-corrected chi connectivity index (χ1v) is 6.43. The van der Waals surface area contributed by atoms with E-state index in [1.165, 1.54) is 0 Å². The standard InChI is InChI=1S/C14H22N2O3/c1-3-19-13-6-4-11(5-7-13)14(17)16-9-8-12(15)10-18-2/h4-7,12H,3,8-10,15H2,1-2H3,(H,16,17). The van der Waals surface area contributed by atoms with Crippen LogP contribution in [0.25, 0.3) is 0 Å². The number of hydrogen-bond donors (Lipinski definition) is 2. The number of amides is 1. The lowest BCUT2D eigenvalue weighted by molar-refractivity contribution is 0.0950. The lowest BCUT2D eigenvalue weighted by Crippen LogP contribution is -2.32. The van der Waals surface area contributed by atoms with Gasteiger partial charge in [0.25, 0.3) is 5.91 Å². The Morgan fingerprint density at radius 3 is 2.63 bits per heavy atom. The third kappa shape index (κ3) is 5.72. The van der Waals surface area contributed by atoms with E-state index in [4.69, 9.17) is 15.2 Å². The molecule has 5 heteroatoms. The molecule has 0 radical (unpaired) electrons. The van der Waals surface area contributed by atoms with Crippen LogP contribution in [0.1, 0.15) is 23.7 Å². The maximum Gasteiger partial charge on any atom is 0.251 e. The summed E-state index contributed by atoms with van der Waals surface area (Å²) >= 11 is 0. The number of nitrogens with one attached hydrogen (secondary N) is 1. The van der Waals surface area contributed by atoms with Gasteiger partial charge in [0.15, 0.2) is 0 Å². The molecule has 19 heavy (non-hydrogen) atoms. The van der Waals surface area contributed by atoms with Gasteiger partial charge in [-0.2, -0.15) is 0 Å². The Hall–Kier alpha value is -1.59. The molecule has 1 atom stereocenters. The zero-order chi connectivity index (χ0) is 14.1. The van der Waals surface area contributed by atoms with Crippen molar-refractivity contribution < 1.29 is 14.3 Å². The molecule has 1 aromatic carbocycles. The molecule has 0 spiro atoms. The van der Waals surface area contributed by atoms with Crippen molar-refractivity contribution in [1.82, 2.24) is 5.32 Å². The fourth-order valence-electron chi connectivity index (χ4n) is 1.64. The molecule has 1 rings (SSSR count). The van der Waals surface area contributed by atoms with Crippen molar-refractivity contribution in [3.05, 3.63) is 29.8 Å². The summed E-state index contributed by atoms with van der Waals surface area (Å²) < 4.78 is 10.2. The van der Waals surface area contributed by atoms with Gasteiger partial charge in [0, 0.05) is 25.3 Å². The van der Waals surface area contributed by atoms with Gasteiger partial charge in [-0.3, -0.25) is 4.79 Å². The second kappa shape index (κ2) is 8.50. The Morgan fingerprint density at radius 2 is 2.05 bits per heavy atom. The van der Waals surface area contributed by atoms with Gasteiger partial charge in [0.1, 0.15) is 5.75 Å². The van der Waals surface area contributed by atoms with Gasteiger partial charge in [0.2, 0.25) is 0 Å². The van der Waals surface area contributed by atoms with Crippen LogP contribution in [0, 0.1) is 0 Å². The maximum atomic E-state index is 11.8. The monoisotopic (exact) mass is 266 g/mol. The number of carbonyl (C=O) groups is 1. The molecule has 1 unspecified atom stereocenters. The van der Waals surface area contributed by atoms with Gasteiger partial charge in [-0.1, -0.05) is 0 Å². The zero-order valence-corrected chi connectivity index (χ0v) is 11.5. The number of ether oxygens (including phenoxy) is 2. The number of methoxy groups -OCH3 is 1. The van der Waals surface area contributed by atoms with Crippen LogP contribution in [0.15, 0.2) is 24.3 Å². The molecule has 0 aliphatic carbocycles. The average molecular weight is 266 g/mol. The van der Waals surface area contributed by atoms with E-state index in [0.717, 1.165) is 5.75 Å². The largest absolute Gasteiger partial charge is 0.494 e. The number of benzene rings is 1. The summed E-state index contributed by atoms with van der Waals surface area (Å²) in [6.07, 6.45) is 0.691. The average Bonchev–Trinajstić information content (AvgIpc) is 2.40. The van der Waals surface area contributed by atoms with Gasteiger partial charge in [0.05, 0.1) is 13.2 Å². The molecule has 5 nitrogen and oxygen atoms in total. The summed E-state index contributed by atoms with van der Waals surface area (Å²) in [6.45, 7) is 3.57. The van der Waals surface area contributed by atoms with Crippen LogP contribution < -0.4 is 15.8 Å². The van der Waals surface area contributed by atoms with E-state index < -0.39 is 0 Å². The highest BCUT2D eigenvalue weighted by molar-refractivity contribution is 5.94. The molecule has 0 heterocycles. The van der Waals surface area contributed by atoms with Crippen molar-refractivity contribution in [3.8, 4) is 5.75 Å². The van der Waals surface area contributed by atoms with Crippen LogP contribution in [0.4, 0.5) is 0 Å². The van der Waals surface area contributed by atoms with Crippen LogP contribution in [-0.4, -0.2) is 38.8 Å². The molecular weight excluding hydrogens is 244 g/mol. The topological polar surface area (TPSA) is 73.6 Å². The minimum absolute atomic E-state index is 0.0503. The smallest absolute Gasteiger partial charge is 0.251 e. The van der Waals surface area contributed by atoms with E-state index in [1.807, 2.05) is 6.92 Å². The molecule has 0 aromatic heterocycles. The summed E-state index contributed by atoms with van der Waals surface area (Å²) in [5.41, 5.74) is 6.38. The number of hydrogen-bond acceptors (Lipinski definition) is 4. The molecule has 0 bridgehead atoms. The Bertz CT molecular complexity index is 379. The summed E-state index contributed by atoms with van der Waals surface area (Å²) in [5.74, 6) is 0.661. The third-order valence-corrected chi connectivity index (χ3v) is 2.61. The van der Waals surface area contributed by atoms with E-state index in [-0.39, 0.29) is 11.9 Å². The van der Waals surface area contributed by atoms with E-state index >= 15 is 0 Å². The number of nitrogens with two attached hydrogens (primary N) is 1. The number of carbonyl (C=O) groups excluding carboxylic acids is 1. The molecule has 0 aliphatic rings. The van der Waals surface area contributed by atoms with Crippen LogP contribution in [0.2, 0.25) is 0 Å². The summed E-state index contributed by atoms with van der Waals surface area (Å²) in [7, 11) is 1.61. The molecule has 0 saturated carbocycles. The SMILES string of the molecule is CCOc1ccc(C(=O)NCCC(N)COC)cc1. The molecule has 1 aromatic rings. The second-order valence-corrected chi connectivity index (χ2v) is 4.22. The molecule has 0 saturated heterocycles. The van der Waals surface area contributed by atoms with Crippen molar-refractivity contribution >= 4 is 5.91 Å². The van der Waals surface area contributed by atoms with Gasteiger partial charge < -0.3 is 20.5 Å². The quantitative estimate of drug-likeness (QED) is 0.741. The second-order valence-electron chi connectivity index (χ2n) is 4.22. The minimum Gasteiger partial charge on any atom is -0.494 e. The molecule has 0 aliphatic heterocycles. The summed E-state index contributed by atoms with van der Waals surface area (Å²) in [6, 6.07) is 7.01. The predicted octanol–water partition coefficient (Wildman–Crippen LogP) is 1.18. The molecule has 0 fully saturated rings. The van der Waals surface area contributed by atoms with Crippen molar-refractivity contribution in [2.24, 2.45) is 5.73 Å². The van der Waals surface area contributed by atoms with Crippen LogP contribution >= 0.6 is 0 Å². The number of rotatable bonds is 8. The van der Waals surface area contributed by atoms with Crippen LogP contribution in [-0.2, 0) is 4.74 Å². The van der Waals surface area contributed by atoms with Crippen LogP contribution in [0.5, 0.6) is 5.75 Å². The lowest BCUT2D eigenvalue weighted by Gasteiger charge is -2.11. The highest BCUT2D eigenvalue weighted by Gasteiger charge is 2.06. The van der Waals surface area contributed by atoms with Gasteiger partial charge in [-0.25, -0.2) is 0 Å². The van der Waals surface area contributed by atoms with E-state index in [2.05, 4.69) is 5.32 Å². The van der Waals surface area contributed by atoms with Crippen molar-refractivity contribution in [2.75, 3.05) is 26.9 Å².